The van der Waals surface area contributed by atoms with Crippen LogP contribution in [0.4, 0.5) is 0 Å². The number of nitrogens with zero attached hydrogens (tertiary/aromatic N) is 3. The van der Waals surface area contributed by atoms with Gasteiger partial charge in [0.15, 0.2) is 0 Å². The van der Waals surface area contributed by atoms with Crippen molar-refractivity contribution in [2.24, 2.45) is 4.52 Å². The molecule has 0 radical (unpaired) electrons. The lowest BCUT2D eigenvalue weighted by atomic mass is 10.5. The summed E-state index contributed by atoms with van der Waals surface area (Å²) in [4.78, 5) is 0. The minimum absolute atomic E-state index is 0.432. The Hall–Kier alpha value is -0.590. The van der Waals surface area contributed by atoms with Gasteiger partial charge in [-0.15, -0.1) is 26.3 Å². The van der Waals surface area contributed by atoms with Crippen LogP contribution in [0.2, 0.25) is 0 Å². The third-order valence-electron chi connectivity index (χ3n) is 1.74. The fourth-order valence-corrected chi connectivity index (χ4v) is 3.03. The SMILES string of the molecule is C=CCN(CC=C)P=NPN(CC=C)CC=C. The van der Waals surface area contributed by atoms with E-state index < -0.39 is 0 Å². The molecule has 3 nitrogen and oxygen atoms in total. The predicted octanol–water partition coefficient (Wildman–Crippen LogP) is 3.89. The van der Waals surface area contributed by atoms with E-state index in [2.05, 4.69) is 40.2 Å². The zero-order valence-electron chi connectivity index (χ0n) is 10.3. The maximum Gasteiger partial charge on any atom is 0.0990 e. The molecule has 0 heterocycles. The van der Waals surface area contributed by atoms with Gasteiger partial charge >= 0.3 is 0 Å². The van der Waals surface area contributed by atoms with Crippen LogP contribution >= 0.6 is 17.4 Å². The summed E-state index contributed by atoms with van der Waals surface area (Å²) in [6, 6.07) is 0. The molecule has 0 saturated carbocycles. The second-order valence-corrected chi connectivity index (χ2v) is 5.60. The van der Waals surface area contributed by atoms with Crippen molar-refractivity contribution in [2.75, 3.05) is 26.2 Å². The van der Waals surface area contributed by atoms with Crippen molar-refractivity contribution >= 4 is 17.4 Å². The highest BCUT2D eigenvalue weighted by Crippen LogP contribution is 2.25. The second kappa shape index (κ2) is 11.9. The molecule has 0 aliphatic heterocycles. The summed E-state index contributed by atoms with van der Waals surface area (Å²) >= 11 is 0. The second-order valence-electron chi connectivity index (χ2n) is 3.22. The number of hydrogen-bond donors (Lipinski definition) is 0. The highest BCUT2D eigenvalue weighted by Gasteiger charge is 2.00. The summed E-state index contributed by atoms with van der Waals surface area (Å²) in [6.07, 6.45) is 7.52. The molecule has 1 atom stereocenters. The first-order chi connectivity index (χ1) is 8.28. The lowest BCUT2D eigenvalue weighted by Gasteiger charge is -2.15. The fraction of sp³-hybridized carbons (Fsp3) is 0.333. The fourth-order valence-electron chi connectivity index (χ4n) is 1.06. The van der Waals surface area contributed by atoms with Gasteiger partial charge in [0.2, 0.25) is 0 Å². The van der Waals surface area contributed by atoms with E-state index in [4.69, 9.17) is 0 Å². The largest absolute Gasteiger partial charge is 0.259 e. The summed E-state index contributed by atoms with van der Waals surface area (Å²) in [5.74, 6) is 0. The first kappa shape index (κ1) is 16.4. The molecule has 0 fully saturated rings. The van der Waals surface area contributed by atoms with Crippen molar-refractivity contribution in [2.45, 2.75) is 0 Å². The van der Waals surface area contributed by atoms with E-state index in [0.29, 0.717) is 8.88 Å². The van der Waals surface area contributed by atoms with Crippen LogP contribution in [0.15, 0.2) is 55.1 Å². The summed E-state index contributed by atoms with van der Waals surface area (Å²) < 4.78 is 8.84. The van der Waals surface area contributed by atoms with E-state index in [0.717, 1.165) is 34.7 Å². The molecular formula is C12H21N3P2. The third-order valence-corrected chi connectivity index (χ3v) is 3.68. The Balaban J connectivity index is 4.16. The van der Waals surface area contributed by atoms with Crippen LogP contribution in [0, 0.1) is 0 Å². The summed E-state index contributed by atoms with van der Waals surface area (Å²) in [5.41, 5.74) is 0. The van der Waals surface area contributed by atoms with Gasteiger partial charge in [-0.3, -0.25) is 4.67 Å². The van der Waals surface area contributed by atoms with Gasteiger partial charge in [-0.1, -0.05) is 24.3 Å². The van der Waals surface area contributed by atoms with Crippen LogP contribution in [-0.4, -0.2) is 35.5 Å². The Morgan fingerprint density at radius 1 is 0.882 bits per heavy atom. The van der Waals surface area contributed by atoms with Crippen LogP contribution < -0.4 is 0 Å². The topological polar surface area (TPSA) is 18.8 Å². The van der Waals surface area contributed by atoms with E-state index in [1.54, 1.807) is 0 Å². The van der Waals surface area contributed by atoms with Crippen molar-refractivity contribution in [3.05, 3.63) is 50.6 Å². The smallest absolute Gasteiger partial charge is 0.0990 e. The van der Waals surface area contributed by atoms with E-state index in [-0.39, 0.29) is 0 Å². The van der Waals surface area contributed by atoms with Crippen LogP contribution in [0.5, 0.6) is 0 Å². The van der Waals surface area contributed by atoms with E-state index in [1.165, 1.54) is 0 Å². The van der Waals surface area contributed by atoms with Crippen molar-refractivity contribution in [1.82, 2.24) is 9.34 Å². The van der Waals surface area contributed by atoms with Gasteiger partial charge in [0, 0.05) is 26.2 Å². The Bertz CT molecular complexity index is 257. The minimum Gasteiger partial charge on any atom is -0.259 e. The highest BCUT2D eigenvalue weighted by molar-refractivity contribution is 7.42. The Morgan fingerprint density at radius 3 is 1.76 bits per heavy atom. The average Bonchev–Trinajstić information content (AvgIpc) is 2.30. The molecule has 0 bridgehead atoms. The molecule has 0 aromatic rings. The molecule has 0 aromatic heterocycles. The van der Waals surface area contributed by atoms with Gasteiger partial charge in [0.05, 0.1) is 17.4 Å². The van der Waals surface area contributed by atoms with Crippen LogP contribution in [-0.2, 0) is 0 Å². The summed E-state index contributed by atoms with van der Waals surface area (Å²) in [6.45, 7) is 18.2. The van der Waals surface area contributed by atoms with Crippen molar-refractivity contribution in [3.63, 3.8) is 0 Å². The Kier molecular flexibility index (Phi) is 11.5. The van der Waals surface area contributed by atoms with Crippen LogP contribution in [0.1, 0.15) is 0 Å². The van der Waals surface area contributed by atoms with E-state index >= 15 is 0 Å². The molecule has 0 rings (SSSR count). The third kappa shape index (κ3) is 9.14. The number of hydrogen-bond acceptors (Lipinski definition) is 2. The van der Waals surface area contributed by atoms with E-state index in [1.807, 2.05) is 24.3 Å². The van der Waals surface area contributed by atoms with Crippen LogP contribution in [0.25, 0.3) is 0 Å². The zero-order chi connectivity index (χ0) is 12.9. The first-order valence-electron chi connectivity index (χ1n) is 5.38. The molecule has 0 spiro atoms. The molecule has 94 valence electrons. The normalized spacial score (nSPS) is 11.6. The maximum atomic E-state index is 4.51. The molecule has 0 N–H and O–H groups in total. The first-order valence-corrected chi connectivity index (χ1v) is 7.07. The average molecular weight is 269 g/mol. The molecule has 0 aliphatic rings. The zero-order valence-corrected chi connectivity index (χ0v) is 12.1. The van der Waals surface area contributed by atoms with Gasteiger partial charge in [0.25, 0.3) is 0 Å². The van der Waals surface area contributed by atoms with Crippen molar-refractivity contribution in [1.29, 1.82) is 0 Å². The predicted molar refractivity (Wildman–Crippen MR) is 81.6 cm³/mol. The van der Waals surface area contributed by atoms with Gasteiger partial charge in [-0.05, 0) is 0 Å². The Labute approximate surface area is 108 Å². The molecule has 1 unspecified atom stereocenters. The van der Waals surface area contributed by atoms with Gasteiger partial charge in [-0.25, -0.2) is 9.19 Å². The van der Waals surface area contributed by atoms with Gasteiger partial charge in [-0.2, -0.15) is 0 Å². The molecule has 0 amide bonds. The van der Waals surface area contributed by atoms with Crippen LogP contribution in [0.3, 0.4) is 0 Å². The lowest BCUT2D eigenvalue weighted by molar-refractivity contribution is 0.566. The van der Waals surface area contributed by atoms with Crippen molar-refractivity contribution in [3.8, 4) is 0 Å². The van der Waals surface area contributed by atoms with Crippen molar-refractivity contribution < 1.29 is 0 Å². The molecule has 17 heavy (non-hydrogen) atoms. The standard InChI is InChI=1S/C12H21N3P2/c1-5-9-14(10-6-2)16-13-17-15(11-7-3)12-8-4/h5-8,16H,1-4,9-12H2. The Morgan fingerprint density at radius 2 is 1.35 bits per heavy atom. The molecule has 0 aliphatic carbocycles. The monoisotopic (exact) mass is 269 g/mol. The molecule has 5 heteroatoms. The minimum atomic E-state index is 0.432. The lowest BCUT2D eigenvalue weighted by Crippen LogP contribution is -2.13. The highest BCUT2D eigenvalue weighted by atomic mass is 31.1. The number of rotatable bonds is 11. The van der Waals surface area contributed by atoms with Gasteiger partial charge < -0.3 is 0 Å². The molecule has 0 aromatic carbocycles. The summed E-state index contributed by atoms with van der Waals surface area (Å²) in [7, 11) is 1.39. The maximum absolute atomic E-state index is 4.51. The quantitative estimate of drug-likeness (QED) is 0.418. The molecular weight excluding hydrogens is 248 g/mol. The molecule has 0 saturated heterocycles. The van der Waals surface area contributed by atoms with Gasteiger partial charge in [0.1, 0.15) is 0 Å². The summed E-state index contributed by atoms with van der Waals surface area (Å²) in [5, 5.41) is 0. The van der Waals surface area contributed by atoms with E-state index in [9.17, 15) is 0 Å².